The summed E-state index contributed by atoms with van der Waals surface area (Å²) in [6.07, 6.45) is 0.781. The van der Waals surface area contributed by atoms with Crippen molar-refractivity contribution in [3.05, 3.63) is 21.7 Å². The number of nitrogens with zero attached hydrogens (tertiary/aromatic N) is 4. The number of aromatic carboxylic acids is 1. The fourth-order valence-corrected chi connectivity index (χ4v) is 2.95. The molecule has 0 spiro atoms. The largest absolute Gasteiger partial charge is 0.478 e. The lowest BCUT2D eigenvalue weighted by Gasteiger charge is -2.04. The van der Waals surface area contributed by atoms with Gasteiger partial charge in [0.25, 0.3) is 0 Å². The van der Waals surface area contributed by atoms with Gasteiger partial charge in [0, 0.05) is 13.6 Å². The van der Waals surface area contributed by atoms with Gasteiger partial charge < -0.3 is 5.11 Å². The molecule has 0 aliphatic heterocycles. The minimum absolute atomic E-state index is 0.135. The highest BCUT2D eigenvalue weighted by Crippen LogP contribution is 2.29. The molecule has 0 atom stereocenters. The van der Waals surface area contributed by atoms with E-state index < -0.39 is 5.97 Å². The second kappa shape index (κ2) is 5.53. The Bertz CT molecular complexity index is 699. The number of carboxylic acid groups (broad SMARTS) is 1. The number of nitrogens with one attached hydrogen (secondary N) is 1. The first-order valence-electron chi connectivity index (χ1n) is 6.05. The predicted molar refractivity (Wildman–Crippen MR) is 72.2 cm³/mol. The summed E-state index contributed by atoms with van der Waals surface area (Å²) in [5.74, 6) is -1.04. The van der Waals surface area contributed by atoms with Crippen LogP contribution in [-0.4, -0.2) is 35.6 Å². The molecule has 0 amide bonds. The summed E-state index contributed by atoms with van der Waals surface area (Å²) in [5.41, 5.74) is 0.267. The van der Waals surface area contributed by atoms with Gasteiger partial charge in [0.2, 0.25) is 0 Å². The highest BCUT2D eigenvalue weighted by Gasteiger charge is 2.22. The number of H-pyrrole nitrogens is 1. The molecular weight excluding hydrogens is 282 g/mol. The van der Waals surface area contributed by atoms with Crippen LogP contribution in [0.3, 0.4) is 0 Å². The van der Waals surface area contributed by atoms with Crippen LogP contribution in [0.1, 0.15) is 29.4 Å². The van der Waals surface area contributed by atoms with Crippen LogP contribution in [0.15, 0.2) is 15.0 Å². The second-order valence-corrected chi connectivity index (χ2v) is 5.22. The number of rotatable bonds is 5. The maximum absolute atomic E-state index is 11.6. The normalized spacial score (nSPS) is 10.9. The minimum atomic E-state index is -1.04. The zero-order valence-electron chi connectivity index (χ0n) is 11.4. The van der Waals surface area contributed by atoms with Crippen LogP contribution in [-0.2, 0) is 13.6 Å². The van der Waals surface area contributed by atoms with Crippen LogP contribution < -0.4 is 5.69 Å². The Kier molecular flexibility index (Phi) is 3.98. The molecule has 0 saturated carbocycles. The molecule has 0 aliphatic carbocycles. The lowest BCUT2D eigenvalue weighted by molar-refractivity contribution is 0.0692. The Hall–Kier alpha value is -2.03. The van der Waals surface area contributed by atoms with E-state index in [-0.39, 0.29) is 11.3 Å². The van der Waals surface area contributed by atoms with Crippen LogP contribution in [0.25, 0.3) is 0 Å². The average Bonchev–Trinajstić information content (AvgIpc) is 2.84. The number of carbonyl (C=O) groups is 1. The second-order valence-electron chi connectivity index (χ2n) is 4.26. The Morgan fingerprint density at radius 3 is 2.80 bits per heavy atom. The van der Waals surface area contributed by atoms with Crippen molar-refractivity contribution in [3.63, 3.8) is 0 Å². The van der Waals surface area contributed by atoms with Crippen LogP contribution >= 0.6 is 11.8 Å². The van der Waals surface area contributed by atoms with Crippen LogP contribution in [0.4, 0.5) is 0 Å². The van der Waals surface area contributed by atoms with Crippen molar-refractivity contribution in [3.8, 4) is 0 Å². The van der Waals surface area contributed by atoms with Crippen molar-refractivity contribution in [2.24, 2.45) is 7.05 Å². The van der Waals surface area contributed by atoms with E-state index in [1.807, 2.05) is 6.92 Å². The number of carboxylic acids is 1. The van der Waals surface area contributed by atoms with E-state index in [9.17, 15) is 14.7 Å². The zero-order chi connectivity index (χ0) is 14.9. The van der Waals surface area contributed by atoms with Crippen molar-refractivity contribution in [2.75, 3.05) is 0 Å². The van der Waals surface area contributed by atoms with Gasteiger partial charge in [0.15, 0.2) is 5.16 Å². The Morgan fingerprint density at radius 1 is 1.50 bits per heavy atom. The molecule has 2 aromatic rings. The maximum atomic E-state index is 11.6. The molecule has 0 fully saturated rings. The number of aryl methyl sites for hydroxylation is 2. The van der Waals surface area contributed by atoms with Crippen molar-refractivity contribution in [1.29, 1.82) is 0 Å². The van der Waals surface area contributed by atoms with E-state index in [2.05, 4.69) is 15.3 Å². The summed E-state index contributed by atoms with van der Waals surface area (Å²) in [7, 11) is 1.66. The summed E-state index contributed by atoms with van der Waals surface area (Å²) < 4.78 is 2.97. The van der Waals surface area contributed by atoms with Crippen LogP contribution in [0, 0.1) is 6.92 Å². The van der Waals surface area contributed by atoms with Gasteiger partial charge in [0.05, 0.1) is 5.69 Å². The van der Waals surface area contributed by atoms with E-state index in [0.29, 0.717) is 22.4 Å². The predicted octanol–water partition coefficient (Wildman–Crippen LogP) is 0.873. The van der Waals surface area contributed by atoms with E-state index in [1.165, 1.54) is 9.25 Å². The molecule has 2 N–H and O–H groups in total. The molecule has 0 unspecified atom stereocenters. The molecule has 0 radical (unpaired) electrons. The molecule has 2 heterocycles. The topological polar surface area (TPSA) is 106 Å². The van der Waals surface area contributed by atoms with Gasteiger partial charge in [-0.3, -0.25) is 9.25 Å². The van der Waals surface area contributed by atoms with Gasteiger partial charge >= 0.3 is 11.7 Å². The lowest BCUT2D eigenvalue weighted by atomic mass is 10.3. The Labute approximate surface area is 118 Å². The standard InChI is InChI=1S/C11H15N5O3S/c1-4-5-16-10(19)12-13-11(16)20-8-7(9(17)18)6(2)14-15(8)3/h4-5H2,1-3H3,(H,12,19)(H,17,18). The molecule has 8 nitrogen and oxygen atoms in total. The SMILES string of the molecule is CCCn1c(Sc2c(C(=O)O)c(C)nn2C)n[nH]c1=O. The Balaban J connectivity index is 2.45. The summed E-state index contributed by atoms with van der Waals surface area (Å²) in [6.45, 7) is 4.11. The van der Waals surface area contributed by atoms with Crippen molar-refractivity contribution in [2.45, 2.75) is 37.0 Å². The monoisotopic (exact) mass is 297 g/mol. The molecule has 108 valence electrons. The number of hydrogen-bond donors (Lipinski definition) is 2. The molecule has 20 heavy (non-hydrogen) atoms. The van der Waals surface area contributed by atoms with Gasteiger partial charge in [-0.05, 0) is 25.1 Å². The van der Waals surface area contributed by atoms with E-state index in [0.717, 1.165) is 18.2 Å². The van der Waals surface area contributed by atoms with Crippen LogP contribution in [0.2, 0.25) is 0 Å². The third kappa shape index (κ3) is 2.48. The van der Waals surface area contributed by atoms with E-state index >= 15 is 0 Å². The first-order valence-corrected chi connectivity index (χ1v) is 6.87. The lowest BCUT2D eigenvalue weighted by Crippen LogP contribution is -2.17. The van der Waals surface area contributed by atoms with Crippen molar-refractivity contribution < 1.29 is 9.90 Å². The molecular formula is C11H15N5O3S. The van der Waals surface area contributed by atoms with Gasteiger partial charge in [-0.15, -0.1) is 5.10 Å². The summed E-state index contributed by atoms with van der Waals surface area (Å²) in [5, 5.41) is 20.5. The third-order valence-corrected chi connectivity index (χ3v) is 3.90. The summed E-state index contributed by atoms with van der Waals surface area (Å²) >= 11 is 1.12. The number of aromatic nitrogens is 5. The molecule has 9 heteroatoms. The highest BCUT2D eigenvalue weighted by atomic mass is 32.2. The average molecular weight is 297 g/mol. The fraction of sp³-hybridized carbons (Fsp3) is 0.455. The van der Waals surface area contributed by atoms with Gasteiger partial charge in [-0.25, -0.2) is 14.7 Å². The summed E-state index contributed by atoms with van der Waals surface area (Å²) in [6, 6.07) is 0. The molecule has 2 aromatic heterocycles. The number of aromatic amines is 1. The number of hydrogen-bond acceptors (Lipinski definition) is 5. The van der Waals surface area contributed by atoms with Crippen molar-refractivity contribution >= 4 is 17.7 Å². The van der Waals surface area contributed by atoms with Gasteiger partial charge in [-0.2, -0.15) is 5.10 Å². The molecule has 0 aromatic carbocycles. The molecule has 0 bridgehead atoms. The summed E-state index contributed by atoms with van der Waals surface area (Å²) in [4.78, 5) is 22.9. The van der Waals surface area contributed by atoms with E-state index in [1.54, 1.807) is 14.0 Å². The quantitative estimate of drug-likeness (QED) is 0.848. The molecule has 2 rings (SSSR count). The first kappa shape index (κ1) is 14.4. The smallest absolute Gasteiger partial charge is 0.343 e. The maximum Gasteiger partial charge on any atom is 0.343 e. The van der Waals surface area contributed by atoms with Crippen LogP contribution in [0.5, 0.6) is 0 Å². The van der Waals surface area contributed by atoms with Gasteiger partial charge in [-0.1, -0.05) is 6.92 Å². The van der Waals surface area contributed by atoms with E-state index in [4.69, 9.17) is 0 Å². The van der Waals surface area contributed by atoms with Crippen molar-refractivity contribution in [1.82, 2.24) is 24.5 Å². The van der Waals surface area contributed by atoms with Gasteiger partial charge in [0.1, 0.15) is 10.6 Å². The zero-order valence-corrected chi connectivity index (χ0v) is 12.2. The fourth-order valence-electron chi connectivity index (χ4n) is 1.89. The first-order chi connectivity index (χ1) is 9.45. The third-order valence-electron chi connectivity index (χ3n) is 2.74. The minimum Gasteiger partial charge on any atom is -0.478 e. The molecule has 0 aliphatic rings. The Morgan fingerprint density at radius 2 is 2.20 bits per heavy atom. The molecule has 0 saturated heterocycles. The highest BCUT2D eigenvalue weighted by molar-refractivity contribution is 7.99.